The number of likely N-dealkylation sites (N-methyl/N-ethyl adjacent to an activating group) is 1. The van der Waals surface area contributed by atoms with Gasteiger partial charge in [0.05, 0.1) is 6.04 Å². The average Bonchev–Trinajstić information content (AvgIpc) is 2.94. The first-order chi connectivity index (χ1) is 9.15. The number of hydrogen-bond donors (Lipinski definition) is 1. The Morgan fingerprint density at radius 3 is 2.32 bits per heavy atom. The van der Waals surface area contributed by atoms with Crippen LogP contribution in [0.25, 0.3) is 0 Å². The molecule has 0 saturated heterocycles. The topological polar surface area (TPSA) is 49.6 Å². The molecule has 4 nitrogen and oxygen atoms in total. The fraction of sp³-hybridized carbons (Fsp3) is 0.933. The highest BCUT2D eigenvalue weighted by molar-refractivity contribution is 5.81. The van der Waals surface area contributed by atoms with Gasteiger partial charge in [-0.1, -0.05) is 12.8 Å². The lowest BCUT2D eigenvalue weighted by atomic mass is 10.1. The van der Waals surface area contributed by atoms with Crippen LogP contribution in [0.4, 0.5) is 0 Å². The fourth-order valence-corrected chi connectivity index (χ4v) is 3.14. The number of amides is 1. The molecule has 0 aromatic heterocycles. The summed E-state index contributed by atoms with van der Waals surface area (Å²) in [6.45, 7) is 9.42. The molecule has 1 aliphatic rings. The maximum Gasteiger partial charge on any atom is 0.239 e. The van der Waals surface area contributed by atoms with Gasteiger partial charge in [-0.2, -0.15) is 0 Å². The van der Waals surface area contributed by atoms with Crippen LogP contribution in [0.1, 0.15) is 52.9 Å². The van der Waals surface area contributed by atoms with Crippen molar-refractivity contribution < 1.29 is 4.79 Å². The molecule has 0 radical (unpaired) electrons. The van der Waals surface area contributed by atoms with E-state index in [9.17, 15) is 4.79 Å². The molecule has 1 saturated carbocycles. The predicted molar refractivity (Wildman–Crippen MR) is 80.0 cm³/mol. The Balaban J connectivity index is 2.68. The molecule has 1 fully saturated rings. The number of nitrogens with two attached hydrogens (primary N) is 1. The van der Waals surface area contributed by atoms with Crippen LogP contribution in [-0.2, 0) is 4.79 Å². The van der Waals surface area contributed by atoms with Crippen LogP contribution in [-0.4, -0.2) is 54.0 Å². The Hall–Kier alpha value is -0.610. The van der Waals surface area contributed by atoms with Crippen LogP contribution in [0.15, 0.2) is 0 Å². The number of carbonyl (C=O) groups is 1. The minimum absolute atomic E-state index is 0.00505. The van der Waals surface area contributed by atoms with E-state index in [0.717, 1.165) is 26.1 Å². The van der Waals surface area contributed by atoms with Gasteiger partial charge in [0.1, 0.15) is 0 Å². The molecule has 0 aliphatic heterocycles. The molecule has 1 rings (SSSR count). The lowest BCUT2D eigenvalue weighted by Gasteiger charge is -2.36. The second-order valence-corrected chi connectivity index (χ2v) is 5.50. The van der Waals surface area contributed by atoms with Gasteiger partial charge in [0, 0.05) is 25.7 Å². The molecule has 4 heteroatoms. The van der Waals surface area contributed by atoms with Crippen molar-refractivity contribution in [2.24, 2.45) is 5.73 Å². The monoisotopic (exact) mass is 269 g/mol. The Labute approximate surface area is 118 Å². The summed E-state index contributed by atoms with van der Waals surface area (Å²) < 4.78 is 0. The Bertz CT molecular complexity index is 260. The molecule has 0 heterocycles. The summed E-state index contributed by atoms with van der Waals surface area (Å²) in [6.07, 6.45) is 6.05. The van der Waals surface area contributed by atoms with E-state index in [1.165, 1.54) is 25.7 Å². The lowest BCUT2D eigenvalue weighted by Crippen LogP contribution is -2.51. The van der Waals surface area contributed by atoms with E-state index < -0.39 is 0 Å². The van der Waals surface area contributed by atoms with Crippen molar-refractivity contribution >= 4 is 5.91 Å². The maximum absolute atomic E-state index is 12.5. The van der Waals surface area contributed by atoms with Crippen molar-refractivity contribution in [3.63, 3.8) is 0 Å². The van der Waals surface area contributed by atoms with Crippen LogP contribution in [0, 0.1) is 0 Å². The molecule has 1 unspecified atom stereocenters. The summed E-state index contributed by atoms with van der Waals surface area (Å²) in [6, 6.07) is 0.579. The van der Waals surface area contributed by atoms with Gasteiger partial charge in [-0.3, -0.25) is 9.69 Å². The molecule has 1 amide bonds. The number of carbonyl (C=O) groups excluding carboxylic acids is 1. The van der Waals surface area contributed by atoms with Crippen LogP contribution in [0.5, 0.6) is 0 Å². The van der Waals surface area contributed by atoms with Gasteiger partial charge in [0.2, 0.25) is 5.91 Å². The third-order valence-corrected chi connectivity index (χ3v) is 4.34. The SMILES string of the molecule is CCN(CC)C(=O)C(C)N(CCCN)C1CCCC1. The first-order valence-corrected chi connectivity index (χ1v) is 7.90. The van der Waals surface area contributed by atoms with Crippen LogP contribution < -0.4 is 5.73 Å². The lowest BCUT2D eigenvalue weighted by molar-refractivity contribution is -0.137. The largest absolute Gasteiger partial charge is 0.342 e. The molecule has 0 bridgehead atoms. The van der Waals surface area contributed by atoms with Crippen molar-refractivity contribution in [3.05, 3.63) is 0 Å². The molecular weight excluding hydrogens is 238 g/mol. The summed E-state index contributed by atoms with van der Waals surface area (Å²) in [5.41, 5.74) is 5.64. The summed E-state index contributed by atoms with van der Waals surface area (Å²) in [5.74, 6) is 0.272. The highest BCUT2D eigenvalue weighted by atomic mass is 16.2. The summed E-state index contributed by atoms with van der Waals surface area (Å²) in [7, 11) is 0. The van der Waals surface area contributed by atoms with Crippen LogP contribution in [0.2, 0.25) is 0 Å². The van der Waals surface area contributed by atoms with Crippen molar-refractivity contribution in [2.45, 2.75) is 65.0 Å². The molecule has 0 aromatic rings. The minimum Gasteiger partial charge on any atom is -0.342 e. The quantitative estimate of drug-likeness (QED) is 0.731. The zero-order valence-electron chi connectivity index (χ0n) is 12.9. The van der Waals surface area contributed by atoms with Gasteiger partial charge in [0.25, 0.3) is 0 Å². The van der Waals surface area contributed by atoms with Gasteiger partial charge in [-0.15, -0.1) is 0 Å². The van der Waals surface area contributed by atoms with Crippen LogP contribution >= 0.6 is 0 Å². The van der Waals surface area contributed by atoms with E-state index in [-0.39, 0.29) is 11.9 Å². The molecule has 112 valence electrons. The average molecular weight is 269 g/mol. The third kappa shape index (κ3) is 4.46. The van der Waals surface area contributed by atoms with Crippen molar-refractivity contribution in [1.82, 2.24) is 9.80 Å². The van der Waals surface area contributed by atoms with Crippen LogP contribution in [0.3, 0.4) is 0 Å². The molecule has 0 spiro atoms. The van der Waals surface area contributed by atoms with E-state index in [1.807, 2.05) is 18.7 Å². The summed E-state index contributed by atoms with van der Waals surface area (Å²) in [5, 5.41) is 0. The Kier molecular flexibility index (Phi) is 7.39. The van der Waals surface area contributed by atoms with Crippen molar-refractivity contribution in [3.8, 4) is 0 Å². The number of rotatable bonds is 8. The zero-order valence-corrected chi connectivity index (χ0v) is 12.9. The first kappa shape index (κ1) is 16.4. The van der Waals surface area contributed by atoms with Gasteiger partial charge >= 0.3 is 0 Å². The zero-order chi connectivity index (χ0) is 14.3. The fourth-order valence-electron chi connectivity index (χ4n) is 3.14. The number of nitrogens with zero attached hydrogens (tertiary/aromatic N) is 2. The highest BCUT2D eigenvalue weighted by Gasteiger charge is 2.31. The maximum atomic E-state index is 12.5. The molecule has 19 heavy (non-hydrogen) atoms. The van der Waals surface area contributed by atoms with Gasteiger partial charge < -0.3 is 10.6 Å². The van der Waals surface area contributed by atoms with Gasteiger partial charge in [-0.25, -0.2) is 0 Å². The third-order valence-electron chi connectivity index (χ3n) is 4.34. The molecular formula is C15H31N3O. The predicted octanol–water partition coefficient (Wildman–Crippen LogP) is 1.84. The van der Waals surface area contributed by atoms with Gasteiger partial charge in [0.15, 0.2) is 0 Å². The molecule has 1 aliphatic carbocycles. The van der Waals surface area contributed by atoms with Crippen molar-refractivity contribution in [1.29, 1.82) is 0 Å². The smallest absolute Gasteiger partial charge is 0.239 e. The second kappa shape index (κ2) is 8.54. The second-order valence-electron chi connectivity index (χ2n) is 5.50. The number of hydrogen-bond acceptors (Lipinski definition) is 3. The molecule has 2 N–H and O–H groups in total. The summed E-state index contributed by atoms with van der Waals surface area (Å²) in [4.78, 5) is 16.9. The standard InChI is InChI=1S/C15H31N3O/c1-4-17(5-2)15(19)13(3)18(12-8-11-16)14-9-6-7-10-14/h13-14H,4-12,16H2,1-3H3. The normalized spacial score (nSPS) is 17.9. The van der Waals surface area contributed by atoms with Gasteiger partial charge in [-0.05, 0) is 46.6 Å². The molecule has 1 atom stereocenters. The van der Waals surface area contributed by atoms with E-state index in [4.69, 9.17) is 5.73 Å². The summed E-state index contributed by atoms with van der Waals surface area (Å²) >= 11 is 0. The Morgan fingerprint density at radius 2 is 1.84 bits per heavy atom. The molecule has 0 aromatic carbocycles. The first-order valence-electron chi connectivity index (χ1n) is 7.90. The van der Waals surface area contributed by atoms with E-state index >= 15 is 0 Å². The minimum atomic E-state index is -0.00505. The van der Waals surface area contributed by atoms with E-state index in [1.54, 1.807) is 0 Å². The van der Waals surface area contributed by atoms with E-state index in [0.29, 0.717) is 12.6 Å². The Morgan fingerprint density at radius 1 is 1.26 bits per heavy atom. The van der Waals surface area contributed by atoms with Crippen molar-refractivity contribution in [2.75, 3.05) is 26.2 Å². The highest BCUT2D eigenvalue weighted by Crippen LogP contribution is 2.25. The van der Waals surface area contributed by atoms with E-state index in [2.05, 4.69) is 11.8 Å².